The number of carbonyl (C=O) groups excluding carboxylic acids is 1. The highest BCUT2D eigenvalue weighted by Gasteiger charge is 2.44. The molecule has 6 heteroatoms. The Morgan fingerprint density at radius 2 is 1.70 bits per heavy atom. The molecule has 0 amide bonds. The van der Waals surface area contributed by atoms with Crippen LogP contribution in [0.5, 0.6) is 0 Å². The summed E-state index contributed by atoms with van der Waals surface area (Å²) >= 11 is 0. The summed E-state index contributed by atoms with van der Waals surface area (Å²) in [6, 6.07) is 0. The predicted molar refractivity (Wildman–Crippen MR) is 67.1 cm³/mol. The highest BCUT2D eigenvalue weighted by Crippen LogP contribution is 2.32. The maximum atomic E-state index is 12.1. The van der Waals surface area contributed by atoms with Gasteiger partial charge < -0.3 is 19.3 Å². The first kappa shape index (κ1) is 13.8. The molecule has 1 aliphatic carbocycles. The van der Waals surface area contributed by atoms with Gasteiger partial charge in [-0.15, -0.1) is 0 Å². The lowest BCUT2D eigenvalue weighted by molar-refractivity contribution is -0.161. The summed E-state index contributed by atoms with van der Waals surface area (Å²) in [7, 11) is 0. The first-order chi connectivity index (χ1) is 9.65. The Kier molecular flexibility index (Phi) is 3.94. The van der Waals surface area contributed by atoms with Gasteiger partial charge in [0, 0.05) is 6.61 Å². The van der Waals surface area contributed by atoms with Crippen molar-refractivity contribution in [3.8, 4) is 0 Å². The molecule has 0 bridgehead atoms. The topological polar surface area (TPSA) is 82.1 Å². The van der Waals surface area contributed by atoms with Crippen molar-refractivity contribution < 1.29 is 28.9 Å². The molecule has 1 saturated carbocycles. The average Bonchev–Trinajstić information content (AvgIpc) is 3.04. The van der Waals surface area contributed by atoms with E-state index in [1.807, 2.05) is 0 Å². The third kappa shape index (κ3) is 2.67. The van der Waals surface area contributed by atoms with Gasteiger partial charge in [0.1, 0.15) is 6.10 Å². The fourth-order valence-electron chi connectivity index (χ4n) is 3.35. The minimum Gasteiger partial charge on any atom is -0.481 e. The van der Waals surface area contributed by atoms with E-state index in [4.69, 9.17) is 19.3 Å². The number of esters is 1. The van der Waals surface area contributed by atoms with E-state index < -0.39 is 5.97 Å². The molecule has 0 radical (unpaired) electrons. The molecule has 3 aliphatic rings. The SMILES string of the molecule is O=C(O)C1CCC(C(=O)OC2COC3CCOC32)CC1. The Morgan fingerprint density at radius 3 is 2.40 bits per heavy atom. The second-order valence-electron chi connectivity index (χ2n) is 5.86. The van der Waals surface area contributed by atoms with Crippen LogP contribution < -0.4 is 0 Å². The van der Waals surface area contributed by atoms with E-state index in [9.17, 15) is 9.59 Å². The minimum absolute atomic E-state index is 0.0653. The molecule has 3 rings (SSSR count). The Labute approximate surface area is 117 Å². The largest absolute Gasteiger partial charge is 0.481 e. The maximum Gasteiger partial charge on any atom is 0.309 e. The average molecular weight is 284 g/mol. The lowest BCUT2D eigenvalue weighted by Gasteiger charge is -2.26. The molecule has 6 nitrogen and oxygen atoms in total. The summed E-state index contributed by atoms with van der Waals surface area (Å²) in [6.07, 6.45) is 2.81. The molecule has 3 unspecified atom stereocenters. The van der Waals surface area contributed by atoms with Gasteiger partial charge in [-0.2, -0.15) is 0 Å². The van der Waals surface area contributed by atoms with E-state index in [0.717, 1.165) is 6.42 Å². The van der Waals surface area contributed by atoms with Crippen molar-refractivity contribution >= 4 is 11.9 Å². The molecule has 0 aromatic heterocycles. The Bertz CT molecular complexity index is 387. The lowest BCUT2D eigenvalue weighted by Crippen LogP contribution is -2.35. The molecule has 1 N–H and O–H groups in total. The van der Waals surface area contributed by atoms with Crippen LogP contribution in [0, 0.1) is 11.8 Å². The number of hydrogen-bond donors (Lipinski definition) is 1. The smallest absolute Gasteiger partial charge is 0.309 e. The first-order valence-electron chi connectivity index (χ1n) is 7.31. The van der Waals surface area contributed by atoms with Crippen molar-refractivity contribution in [2.45, 2.75) is 50.4 Å². The van der Waals surface area contributed by atoms with Crippen LogP contribution in [0.2, 0.25) is 0 Å². The quantitative estimate of drug-likeness (QED) is 0.778. The highest BCUT2D eigenvalue weighted by molar-refractivity contribution is 5.74. The fraction of sp³-hybridized carbons (Fsp3) is 0.857. The van der Waals surface area contributed by atoms with Crippen molar-refractivity contribution in [3.05, 3.63) is 0 Å². The zero-order chi connectivity index (χ0) is 14.1. The van der Waals surface area contributed by atoms with Crippen LogP contribution >= 0.6 is 0 Å². The lowest BCUT2D eigenvalue weighted by atomic mass is 9.82. The van der Waals surface area contributed by atoms with Crippen LogP contribution in [-0.4, -0.2) is 48.6 Å². The minimum atomic E-state index is -0.761. The van der Waals surface area contributed by atoms with Gasteiger partial charge in [-0.1, -0.05) is 0 Å². The van der Waals surface area contributed by atoms with Crippen molar-refractivity contribution in [1.29, 1.82) is 0 Å². The number of aliphatic carboxylic acids is 1. The molecular weight excluding hydrogens is 264 g/mol. The normalized spacial score (nSPS) is 40.3. The molecule has 0 spiro atoms. The van der Waals surface area contributed by atoms with Crippen LogP contribution in [-0.2, 0) is 23.8 Å². The molecule has 20 heavy (non-hydrogen) atoms. The number of ether oxygens (including phenoxy) is 3. The Morgan fingerprint density at radius 1 is 1.00 bits per heavy atom. The summed E-state index contributed by atoms with van der Waals surface area (Å²) in [5.74, 6) is -1.47. The third-order valence-electron chi connectivity index (χ3n) is 4.60. The summed E-state index contributed by atoms with van der Waals surface area (Å²) in [5, 5.41) is 8.95. The monoisotopic (exact) mass is 284 g/mol. The molecule has 2 heterocycles. The van der Waals surface area contributed by atoms with Gasteiger partial charge in [0.2, 0.25) is 0 Å². The van der Waals surface area contributed by atoms with Crippen molar-refractivity contribution in [1.82, 2.24) is 0 Å². The van der Waals surface area contributed by atoms with Crippen LogP contribution in [0.4, 0.5) is 0 Å². The van der Waals surface area contributed by atoms with Gasteiger partial charge in [0.15, 0.2) is 6.10 Å². The first-order valence-corrected chi connectivity index (χ1v) is 7.31. The highest BCUT2D eigenvalue weighted by atomic mass is 16.6. The van der Waals surface area contributed by atoms with Gasteiger partial charge in [-0.25, -0.2) is 0 Å². The van der Waals surface area contributed by atoms with E-state index in [0.29, 0.717) is 38.9 Å². The summed E-state index contributed by atoms with van der Waals surface area (Å²) < 4.78 is 16.6. The summed E-state index contributed by atoms with van der Waals surface area (Å²) in [4.78, 5) is 23.0. The van der Waals surface area contributed by atoms with Gasteiger partial charge in [0.05, 0.1) is 24.5 Å². The second kappa shape index (κ2) is 5.69. The summed E-state index contributed by atoms with van der Waals surface area (Å²) in [5.41, 5.74) is 0. The van der Waals surface area contributed by atoms with E-state index in [1.165, 1.54) is 0 Å². The molecule has 2 aliphatic heterocycles. The van der Waals surface area contributed by atoms with Crippen molar-refractivity contribution in [2.75, 3.05) is 13.2 Å². The van der Waals surface area contributed by atoms with E-state index in [2.05, 4.69) is 0 Å². The number of hydrogen-bond acceptors (Lipinski definition) is 5. The molecule has 112 valence electrons. The second-order valence-corrected chi connectivity index (χ2v) is 5.86. The number of carboxylic acid groups (broad SMARTS) is 1. The molecule has 0 aromatic rings. The Hall–Kier alpha value is -1.14. The standard InChI is InChI=1S/C14H20O6/c15-13(16)8-1-3-9(4-2-8)14(17)20-11-7-19-10-5-6-18-12(10)11/h8-12H,1-7H2,(H,15,16). The third-order valence-corrected chi connectivity index (χ3v) is 4.60. The van der Waals surface area contributed by atoms with Crippen LogP contribution in [0.15, 0.2) is 0 Å². The number of fused-ring (bicyclic) bond motifs is 1. The maximum absolute atomic E-state index is 12.1. The van der Waals surface area contributed by atoms with E-state index >= 15 is 0 Å². The fourth-order valence-corrected chi connectivity index (χ4v) is 3.35. The number of rotatable bonds is 3. The van der Waals surface area contributed by atoms with Gasteiger partial charge in [-0.3, -0.25) is 9.59 Å². The number of carbonyl (C=O) groups is 2. The van der Waals surface area contributed by atoms with Crippen molar-refractivity contribution in [3.63, 3.8) is 0 Å². The zero-order valence-corrected chi connectivity index (χ0v) is 11.3. The molecule has 3 fully saturated rings. The predicted octanol–water partition coefficient (Wildman–Crippen LogP) is 0.977. The van der Waals surface area contributed by atoms with Gasteiger partial charge in [-0.05, 0) is 32.1 Å². The molecule has 2 saturated heterocycles. The summed E-state index contributed by atoms with van der Waals surface area (Å²) in [6.45, 7) is 1.07. The van der Waals surface area contributed by atoms with Crippen molar-refractivity contribution in [2.24, 2.45) is 11.8 Å². The Balaban J connectivity index is 1.49. The van der Waals surface area contributed by atoms with Crippen LogP contribution in [0.1, 0.15) is 32.1 Å². The van der Waals surface area contributed by atoms with Crippen LogP contribution in [0.3, 0.4) is 0 Å². The molecule has 3 atom stereocenters. The van der Waals surface area contributed by atoms with E-state index in [-0.39, 0.29) is 36.1 Å². The van der Waals surface area contributed by atoms with E-state index in [1.54, 1.807) is 0 Å². The molecule has 0 aromatic carbocycles. The van der Waals surface area contributed by atoms with Gasteiger partial charge in [0.25, 0.3) is 0 Å². The van der Waals surface area contributed by atoms with Gasteiger partial charge >= 0.3 is 11.9 Å². The number of carboxylic acids is 1. The zero-order valence-electron chi connectivity index (χ0n) is 11.3. The van der Waals surface area contributed by atoms with Crippen LogP contribution in [0.25, 0.3) is 0 Å². The molecular formula is C14H20O6.